The molecule has 12 N–H and O–H groups in total. The summed E-state index contributed by atoms with van der Waals surface area (Å²) in [6.07, 6.45) is 0. The van der Waals surface area contributed by atoms with E-state index in [1.54, 1.807) is 0 Å². The Morgan fingerprint density at radius 2 is 0.500 bits per heavy atom. The van der Waals surface area contributed by atoms with Crippen LogP contribution in [-0.4, -0.2) is 32.9 Å². The van der Waals surface area contributed by atoms with Crippen LogP contribution in [0.5, 0.6) is 0 Å². The average molecular weight is 243 g/mol. The minimum absolute atomic E-state index is 0. The van der Waals surface area contributed by atoms with Gasteiger partial charge in [0.25, 0.3) is 0 Å². The topological polar surface area (TPSA) is 189 Å². The Kier molecular flexibility index (Phi) is 13100. The Labute approximate surface area is 61.6 Å². The van der Waals surface area contributed by atoms with Crippen molar-refractivity contribution in [3.63, 3.8) is 0 Å². The average Bonchev–Trinajstić information content (AvgIpc) is 1.00. The Morgan fingerprint density at radius 3 is 0.500 bits per heavy atom. The SMILES string of the molecule is O.O.O.O.O.O.[Mn][Br]. The monoisotopic (exact) mass is 242 g/mol. The van der Waals surface area contributed by atoms with Crippen LogP contribution in [0.4, 0.5) is 0 Å². The van der Waals surface area contributed by atoms with Crippen LogP contribution in [-0.2, 0) is 14.2 Å². The summed E-state index contributed by atoms with van der Waals surface area (Å²) in [6.45, 7) is 0. The third-order valence-corrected chi connectivity index (χ3v) is 0. The van der Waals surface area contributed by atoms with Crippen LogP contribution in [0.1, 0.15) is 0 Å². The molecule has 0 aliphatic carbocycles. The van der Waals surface area contributed by atoms with Gasteiger partial charge in [0.15, 0.2) is 0 Å². The Bertz CT molecular complexity index is 8.49. The van der Waals surface area contributed by atoms with Gasteiger partial charge in [-0.05, 0) is 0 Å². The molecule has 0 saturated carbocycles. The molecule has 0 amide bonds. The summed E-state index contributed by atoms with van der Waals surface area (Å²) in [7, 11) is 0. The fourth-order valence-electron chi connectivity index (χ4n) is 0. The number of hydrogen-bond acceptors (Lipinski definition) is 0. The molecule has 0 radical (unpaired) electrons. The predicted octanol–water partition coefficient (Wildman–Crippen LogP) is -4.11. The van der Waals surface area contributed by atoms with Crippen molar-refractivity contribution in [2.75, 3.05) is 0 Å². The van der Waals surface area contributed by atoms with Crippen molar-refractivity contribution in [1.29, 1.82) is 0 Å². The number of halogens is 1. The van der Waals surface area contributed by atoms with Crippen molar-refractivity contribution in [3.8, 4) is 0 Å². The van der Waals surface area contributed by atoms with Crippen LogP contribution >= 0.6 is 14.1 Å². The Hall–Kier alpha value is 0.759. The van der Waals surface area contributed by atoms with E-state index in [4.69, 9.17) is 0 Å². The first-order chi connectivity index (χ1) is 1.00. The van der Waals surface area contributed by atoms with Crippen molar-refractivity contribution in [3.05, 3.63) is 0 Å². The third kappa shape index (κ3) is 389. The molecule has 0 saturated heterocycles. The van der Waals surface area contributed by atoms with Crippen LogP contribution in [0, 0.1) is 0 Å². The van der Waals surface area contributed by atoms with E-state index in [0.29, 0.717) is 0 Å². The maximum absolute atomic E-state index is 2.75. The second-order valence-corrected chi connectivity index (χ2v) is 0. The van der Waals surface area contributed by atoms with Gasteiger partial charge >= 0.3 is 28.3 Å². The summed E-state index contributed by atoms with van der Waals surface area (Å²) >= 11 is 5.50. The zero-order valence-electron chi connectivity index (χ0n) is 3.76. The summed E-state index contributed by atoms with van der Waals surface area (Å²) in [5, 5.41) is 0. The molecule has 0 spiro atoms. The van der Waals surface area contributed by atoms with E-state index in [1.807, 2.05) is 0 Å². The fourth-order valence-corrected chi connectivity index (χ4v) is 0. The van der Waals surface area contributed by atoms with Crippen LogP contribution < -0.4 is 0 Å². The van der Waals surface area contributed by atoms with E-state index in [2.05, 4.69) is 28.3 Å². The van der Waals surface area contributed by atoms with E-state index < -0.39 is 0 Å². The molecular formula is H12BrMnO6. The molecule has 0 bridgehead atoms. The molecule has 0 heterocycles. The van der Waals surface area contributed by atoms with E-state index in [1.165, 1.54) is 0 Å². The zero-order chi connectivity index (χ0) is 2.00. The Morgan fingerprint density at radius 1 is 0.500 bits per heavy atom. The van der Waals surface area contributed by atoms with Crippen molar-refractivity contribution >= 4 is 14.1 Å². The number of rotatable bonds is 0. The van der Waals surface area contributed by atoms with E-state index in [0.717, 1.165) is 0 Å². The van der Waals surface area contributed by atoms with Gasteiger partial charge in [0, 0.05) is 0 Å². The molecule has 0 rings (SSSR count). The van der Waals surface area contributed by atoms with Gasteiger partial charge in [0.05, 0.1) is 0 Å². The van der Waals surface area contributed by atoms with Crippen molar-refractivity contribution in [2.24, 2.45) is 0 Å². The first-order valence-corrected chi connectivity index (χ1v) is 3.06. The molecule has 0 atom stereocenters. The molecule has 8 heavy (non-hydrogen) atoms. The zero-order valence-corrected chi connectivity index (χ0v) is 6.52. The van der Waals surface area contributed by atoms with Crippen LogP contribution in [0.15, 0.2) is 0 Å². The summed E-state index contributed by atoms with van der Waals surface area (Å²) < 4.78 is 0. The molecule has 0 aromatic rings. The normalized spacial score (nSPS) is 0.750. The van der Waals surface area contributed by atoms with E-state index >= 15 is 0 Å². The predicted molar refractivity (Wildman–Crippen MR) is 30.6 cm³/mol. The standard InChI is InChI=1S/BrH.Mn.6H2O/h1H;;6*1H2/q;+1;;;;;;/p-1. The van der Waals surface area contributed by atoms with Crippen molar-refractivity contribution < 1.29 is 47.1 Å². The third-order valence-electron chi connectivity index (χ3n) is 0. The van der Waals surface area contributed by atoms with Crippen LogP contribution in [0.3, 0.4) is 0 Å². The van der Waals surface area contributed by atoms with Gasteiger partial charge in [-0.15, -0.1) is 0 Å². The van der Waals surface area contributed by atoms with Crippen LogP contribution in [0.2, 0.25) is 0 Å². The molecule has 0 aromatic heterocycles. The van der Waals surface area contributed by atoms with Crippen molar-refractivity contribution in [1.82, 2.24) is 0 Å². The first kappa shape index (κ1) is 170. The van der Waals surface area contributed by atoms with Gasteiger partial charge in [-0.1, -0.05) is 0 Å². The second-order valence-electron chi connectivity index (χ2n) is 0. The van der Waals surface area contributed by atoms with Gasteiger partial charge < -0.3 is 32.9 Å². The molecule has 0 fully saturated rings. The molecule has 0 aliphatic heterocycles. The maximum atomic E-state index is 2.75. The molecule has 6 nitrogen and oxygen atoms in total. The fraction of sp³-hybridized carbons (Fsp3) is 0. The molecular weight excluding hydrogens is 231 g/mol. The summed E-state index contributed by atoms with van der Waals surface area (Å²) in [5.74, 6) is 0. The summed E-state index contributed by atoms with van der Waals surface area (Å²) in [4.78, 5) is 0. The van der Waals surface area contributed by atoms with Gasteiger partial charge in [0.2, 0.25) is 0 Å². The summed E-state index contributed by atoms with van der Waals surface area (Å²) in [5.41, 5.74) is 0. The van der Waals surface area contributed by atoms with Gasteiger partial charge in [-0.3, -0.25) is 0 Å². The van der Waals surface area contributed by atoms with Crippen LogP contribution in [0.25, 0.3) is 0 Å². The van der Waals surface area contributed by atoms with Gasteiger partial charge in [-0.25, -0.2) is 0 Å². The summed E-state index contributed by atoms with van der Waals surface area (Å²) in [6, 6.07) is 0. The minimum atomic E-state index is 0. The molecule has 0 aliphatic rings. The van der Waals surface area contributed by atoms with Gasteiger partial charge in [0.1, 0.15) is 0 Å². The molecule has 62 valence electrons. The molecule has 0 unspecified atom stereocenters. The second kappa shape index (κ2) is 615. The van der Waals surface area contributed by atoms with Crippen molar-refractivity contribution in [2.45, 2.75) is 0 Å². The van der Waals surface area contributed by atoms with E-state index in [-0.39, 0.29) is 32.9 Å². The van der Waals surface area contributed by atoms with Gasteiger partial charge in [-0.2, -0.15) is 0 Å². The Balaban J connectivity index is -0.000000000333. The quantitative estimate of drug-likeness (QED) is 0.374. The first-order valence-electron chi connectivity index (χ1n) is 0.143. The number of hydrogen-bond donors (Lipinski definition) is 0. The molecule has 8 heteroatoms. The van der Waals surface area contributed by atoms with E-state index in [9.17, 15) is 0 Å². The molecule has 0 aromatic carbocycles.